The van der Waals surface area contributed by atoms with Gasteiger partial charge in [0.25, 0.3) is 0 Å². The molecule has 0 aliphatic rings. The van der Waals surface area contributed by atoms with E-state index in [9.17, 15) is 4.39 Å². The zero-order valence-electron chi connectivity index (χ0n) is 10.2. The zero-order valence-corrected chi connectivity index (χ0v) is 10.2. The van der Waals surface area contributed by atoms with Crippen LogP contribution in [0.25, 0.3) is 11.3 Å². The highest BCUT2D eigenvalue weighted by molar-refractivity contribution is 5.63. The van der Waals surface area contributed by atoms with E-state index in [1.54, 1.807) is 13.0 Å². The minimum absolute atomic E-state index is 0.199. The first-order valence-electron chi connectivity index (χ1n) is 5.64. The molecule has 0 saturated heterocycles. The van der Waals surface area contributed by atoms with Crippen molar-refractivity contribution >= 4 is 5.82 Å². The number of nitrogens with one attached hydrogen (secondary N) is 2. The van der Waals surface area contributed by atoms with Crippen molar-refractivity contribution in [3.8, 4) is 11.3 Å². The van der Waals surface area contributed by atoms with E-state index in [0.717, 1.165) is 17.1 Å². The maximum atomic E-state index is 13.4. The fourth-order valence-corrected chi connectivity index (χ4v) is 1.60. The first-order chi connectivity index (χ1) is 8.06. The Hall–Kier alpha value is -1.84. The van der Waals surface area contributed by atoms with Crippen molar-refractivity contribution in [3.05, 3.63) is 35.6 Å². The second-order valence-electron chi connectivity index (χ2n) is 4.43. The van der Waals surface area contributed by atoms with Crippen LogP contribution in [-0.2, 0) is 0 Å². The van der Waals surface area contributed by atoms with Crippen molar-refractivity contribution in [3.63, 3.8) is 0 Å². The standard InChI is InChI=1S/C13H16FN3/c1-8(2)15-13-7-12(16-17-13)10-5-4-9(3)11(14)6-10/h4-8H,1-3H3,(H2,15,16,17). The Morgan fingerprint density at radius 1 is 1.29 bits per heavy atom. The number of halogens is 1. The number of aromatic amines is 1. The van der Waals surface area contributed by atoms with Gasteiger partial charge >= 0.3 is 0 Å². The van der Waals surface area contributed by atoms with Gasteiger partial charge in [-0.1, -0.05) is 12.1 Å². The molecule has 0 aliphatic carbocycles. The van der Waals surface area contributed by atoms with Crippen LogP contribution in [0.2, 0.25) is 0 Å². The molecule has 0 amide bonds. The normalized spacial score (nSPS) is 10.9. The van der Waals surface area contributed by atoms with E-state index in [0.29, 0.717) is 11.6 Å². The number of anilines is 1. The lowest BCUT2D eigenvalue weighted by Gasteiger charge is -2.04. The second-order valence-corrected chi connectivity index (χ2v) is 4.43. The molecule has 0 saturated carbocycles. The molecule has 1 heterocycles. The molecule has 2 N–H and O–H groups in total. The molecule has 1 aromatic heterocycles. The molecular weight excluding hydrogens is 217 g/mol. The van der Waals surface area contributed by atoms with Gasteiger partial charge in [0.1, 0.15) is 11.6 Å². The second kappa shape index (κ2) is 4.57. The number of rotatable bonds is 3. The number of hydrogen-bond acceptors (Lipinski definition) is 2. The molecule has 17 heavy (non-hydrogen) atoms. The number of hydrogen-bond donors (Lipinski definition) is 2. The van der Waals surface area contributed by atoms with Crippen LogP contribution in [0.5, 0.6) is 0 Å². The third kappa shape index (κ3) is 2.64. The van der Waals surface area contributed by atoms with Gasteiger partial charge in [-0.2, -0.15) is 5.10 Å². The van der Waals surface area contributed by atoms with Crippen LogP contribution < -0.4 is 5.32 Å². The predicted molar refractivity (Wildman–Crippen MR) is 67.5 cm³/mol. The van der Waals surface area contributed by atoms with Crippen LogP contribution in [0, 0.1) is 12.7 Å². The number of aryl methyl sites for hydroxylation is 1. The van der Waals surface area contributed by atoms with E-state index in [1.165, 1.54) is 6.07 Å². The van der Waals surface area contributed by atoms with Gasteiger partial charge in [0, 0.05) is 17.7 Å². The Kier molecular flexibility index (Phi) is 3.13. The fraction of sp³-hybridized carbons (Fsp3) is 0.308. The molecule has 4 heteroatoms. The third-order valence-corrected chi connectivity index (χ3v) is 2.50. The van der Waals surface area contributed by atoms with Gasteiger partial charge in [-0.15, -0.1) is 0 Å². The van der Waals surface area contributed by atoms with Gasteiger partial charge in [0.2, 0.25) is 0 Å². The van der Waals surface area contributed by atoms with Crippen molar-refractivity contribution in [1.82, 2.24) is 10.2 Å². The van der Waals surface area contributed by atoms with E-state index < -0.39 is 0 Å². The molecule has 0 spiro atoms. The minimum atomic E-state index is -0.199. The molecule has 90 valence electrons. The van der Waals surface area contributed by atoms with E-state index in [2.05, 4.69) is 15.5 Å². The van der Waals surface area contributed by atoms with Gasteiger partial charge < -0.3 is 5.32 Å². The molecule has 0 radical (unpaired) electrons. The summed E-state index contributed by atoms with van der Waals surface area (Å²) >= 11 is 0. The molecule has 0 atom stereocenters. The van der Waals surface area contributed by atoms with Gasteiger partial charge in [-0.3, -0.25) is 5.10 Å². The maximum Gasteiger partial charge on any atom is 0.148 e. The summed E-state index contributed by atoms with van der Waals surface area (Å²) in [4.78, 5) is 0. The average molecular weight is 233 g/mol. The van der Waals surface area contributed by atoms with Crippen molar-refractivity contribution in [2.45, 2.75) is 26.8 Å². The van der Waals surface area contributed by atoms with Crippen molar-refractivity contribution in [1.29, 1.82) is 0 Å². The van der Waals surface area contributed by atoms with Gasteiger partial charge in [-0.05, 0) is 32.4 Å². The Labute approximate surface area is 100 Å². The largest absolute Gasteiger partial charge is 0.366 e. The molecule has 3 nitrogen and oxygen atoms in total. The van der Waals surface area contributed by atoms with E-state index in [-0.39, 0.29) is 5.82 Å². The van der Waals surface area contributed by atoms with Crippen LogP contribution in [0.3, 0.4) is 0 Å². The summed E-state index contributed by atoms with van der Waals surface area (Å²) in [6.07, 6.45) is 0. The van der Waals surface area contributed by atoms with E-state index >= 15 is 0 Å². The monoisotopic (exact) mass is 233 g/mol. The lowest BCUT2D eigenvalue weighted by atomic mass is 10.1. The van der Waals surface area contributed by atoms with Crippen LogP contribution in [0.4, 0.5) is 10.2 Å². The molecule has 2 rings (SSSR count). The van der Waals surface area contributed by atoms with Crippen LogP contribution in [0.15, 0.2) is 24.3 Å². The Morgan fingerprint density at radius 3 is 2.71 bits per heavy atom. The minimum Gasteiger partial charge on any atom is -0.366 e. The van der Waals surface area contributed by atoms with Crippen molar-refractivity contribution in [2.24, 2.45) is 0 Å². The number of nitrogens with zero attached hydrogens (tertiary/aromatic N) is 1. The summed E-state index contributed by atoms with van der Waals surface area (Å²) in [5.74, 6) is 0.575. The Morgan fingerprint density at radius 2 is 2.06 bits per heavy atom. The molecule has 0 aliphatic heterocycles. The van der Waals surface area contributed by atoms with Gasteiger partial charge in [-0.25, -0.2) is 4.39 Å². The molecule has 0 bridgehead atoms. The molecule has 1 aromatic carbocycles. The lowest BCUT2D eigenvalue weighted by Crippen LogP contribution is -2.09. The number of benzene rings is 1. The van der Waals surface area contributed by atoms with Gasteiger partial charge in [0.05, 0.1) is 5.69 Å². The summed E-state index contributed by atoms with van der Waals surface area (Å²) in [5.41, 5.74) is 2.26. The molecule has 0 fully saturated rings. The predicted octanol–water partition coefficient (Wildman–Crippen LogP) is 3.34. The van der Waals surface area contributed by atoms with Crippen LogP contribution >= 0.6 is 0 Å². The van der Waals surface area contributed by atoms with E-state index in [4.69, 9.17) is 0 Å². The fourth-order valence-electron chi connectivity index (χ4n) is 1.60. The topological polar surface area (TPSA) is 40.7 Å². The third-order valence-electron chi connectivity index (χ3n) is 2.50. The summed E-state index contributed by atoms with van der Waals surface area (Å²) in [6.45, 7) is 5.83. The molecule has 2 aromatic rings. The molecular formula is C13H16FN3. The first kappa shape index (κ1) is 11.6. The van der Waals surface area contributed by atoms with E-state index in [1.807, 2.05) is 26.0 Å². The summed E-state index contributed by atoms with van der Waals surface area (Å²) in [7, 11) is 0. The lowest BCUT2D eigenvalue weighted by molar-refractivity contribution is 0.619. The average Bonchev–Trinajstić information content (AvgIpc) is 2.69. The summed E-state index contributed by atoms with van der Waals surface area (Å²) < 4.78 is 13.4. The highest BCUT2D eigenvalue weighted by Crippen LogP contribution is 2.22. The highest BCUT2D eigenvalue weighted by Gasteiger charge is 2.06. The van der Waals surface area contributed by atoms with Crippen molar-refractivity contribution < 1.29 is 4.39 Å². The smallest absolute Gasteiger partial charge is 0.148 e. The first-order valence-corrected chi connectivity index (χ1v) is 5.64. The Balaban J connectivity index is 2.27. The SMILES string of the molecule is Cc1ccc(-c2cc(NC(C)C)n[nH]2)cc1F. The summed E-state index contributed by atoms with van der Waals surface area (Å²) in [5, 5.41) is 10.2. The number of aromatic nitrogens is 2. The van der Waals surface area contributed by atoms with Crippen molar-refractivity contribution in [2.75, 3.05) is 5.32 Å². The maximum absolute atomic E-state index is 13.4. The number of H-pyrrole nitrogens is 1. The van der Waals surface area contributed by atoms with Gasteiger partial charge in [0.15, 0.2) is 0 Å². The zero-order chi connectivity index (χ0) is 12.4. The molecule has 0 unspecified atom stereocenters. The van der Waals surface area contributed by atoms with Crippen LogP contribution in [-0.4, -0.2) is 16.2 Å². The van der Waals surface area contributed by atoms with Crippen LogP contribution in [0.1, 0.15) is 19.4 Å². The highest BCUT2D eigenvalue weighted by atomic mass is 19.1. The Bertz CT molecular complexity index is 517. The summed E-state index contributed by atoms with van der Waals surface area (Å²) in [6, 6.07) is 7.36. The quantitative estimate of drug-likeness (QED) is 0.853.